The third-order valence-corrected chi connectivity index (χ3v) is 5.83. The molecule has 0 N–H and O–H groups in total. The van der Waals surface area contributed by atoms with Crippen LogP contribution in [0.3, 0.4) is 0 Å². The first kappa shape index (κ1) is 19.3. The Labute approximate surface area is 174 Å². The van der Waals surface area contributed by atoms with E-state index in [0.29, 0.717) is 17.2 Å². The van der Waals surface area contributed by atoms with Crippen molar-refractivity contribution in [2.24, 2.45) is 0 Å². The molecule has 0 unspecified atom stereocenters. The van der Waals surface area contributed by atoms with E-state index in [4.69, 9.17) is 4.98 Å². The van der Waals surface area contributed by atoms with E-state index in [0.717, 1.165) is 32.6 Å². The van der Waals surface area contributed by atoms with Gasteiger partial charge < -0.3 is 0 Å². The minimum atomic E-state index is -0.0594. The van der Waals surface area contributed by atoms with Crippen LogP contribution in [-0.2, 0) is 6.54 Å². The monoisotopic (exact) mass is 401 g/mol. The van der Waals surface area contributed by atoms with E-state index in [1.165, 1.54) is 5.56 Å². The molecule has 0 aliphatic rings. The van der Waals surface area contributed by atoms with Crippen molar-refractivity contribution in [3.8, 4) is 0 Å². The lowest BCUT2D eigenvalue weighted by Crippen LogP contribution is -2.30. The number of benzene rings is 2. The number of carbonyl (C=O) groups excluding carboxylic acids is 1. The molecule has 0 bridgehead atoms. The quantitative estimate of drug-likeness (QED) is 0.436. The summed E-state index contributed by atoms with van der Waals surface area (Å²) in [5.74, 6) is -0.0594. The van der Waals surface area contributed by atoms with Crippen LogP contribution < -0.4 is 4.90 Å². The first-order chi connectivity index (χ1) is 13.9. The first-order valence-corrected chi connectivity index (χ1v) is 10.4. The van der Waals surface area contributed by atoms with E-state index >= 15 is 0 Å². The molecule has 4 nitrogen and oxygen atoms in total. The van der Waals surface area contributed by atoms with Gasteiger partial charge in [-0.3, -0.25) is 14.7 Å². The number of aryl methyl sites for hydroxylation is 4. The maximum atomic E-state index is 13.5. The average molecular weight is 402 g/mol. The van der Waals surface area contributed by atoms with Crippen LogP contribution in [0.1, 0.15) is 38.3 Å². The van der Waals surface area contributed by atoms with Crippen LogP contribution in [0.5, 0.6) is 0 Å². The van der Waals surface area contributed by atoms with Gasteiger partial charge in [0.15, 0.2) is 5.13 Å². The summed E-state index contributed by atoms with van der Waals surface area (Å²) in [7, 11) is 0. The fraction of sp³-hybridized carbons (Fsp3) is 0.208. The predicted octanol–water partition coefficient (Wildman–Crippen LogP) is 5.77. The number of amides is 1. The number of anilines is 1. The summed E-state index contributed by atoms with van der Waals surface area (Å²) in [6, 6.07) is 15.9. The number of carbonyl (C=O) groups is 1. The summed E-state index contributed by atoms with van der Waals surface area (Å²) in [5.41, 5.74) is 6.92. The topological polar surface area (TPSA) is 46.1 Å². The van der Waals surface area contributed by atoms with Crippen molar-refractivity contribution in [2.75, 3.05) is 4.90 Å². The molecule has 0 radical (unpaired) electrons. The molecule has 4 aromatic rings. The first-order valence-electron chi connectivity index (χ1n) is 9.58. The number of hydrogen-bond acceptors (Lipinski definition) is 4. The molecule has 4 rings (SSSR count). The molecule has 29 heavy (non-hydrogen) atoms. The summed E-state index contributed by atoms with van der Waals surface area (Å²) < 4.78 is 1.09. The van der Waals surface area contributed by atoms with Crippen molar-refractivity contribution >= 4 is 32.6 Å². The fourth-order valence-corrected chi connectivity index (χ4v) is 4.75. The van der Waals surface area contributed by atoms with Crippen LogP contribution in [0.15, 0.2) is 54.7 Å². The lowest BCUT2D eigenvalue weighted by atomic mass is 10.1. The Balaban J connectivity index is 1.82. The zero-order valence-electron chi connectivity index (χ0n) is 17.1. The Morgan fingerprint density at radius 1 is 0.966 bits per heavy atom. The molecule has 2 aromatic carbocycles. The third-order valence-electron chi connectivity index (χ3n) is 4.81. The van der Waals surface area contributed by atoms with Crippen LogP contribution in [-0.4, -0.2) is 15.9 Å². The number of thiazole rings is 1. The second kappa shape index (κ2) is 7.76. The largest absolute Gasteiger partial charge is 0.278 e. The standard InChI is InChI=1S/C24H23N3OS/c1-15-9-16(2)12-19(11-15)23(28)27(14-20-7-5-6-8-25-20)24-26-22-18(4)10-17(3)13-21(22)29-24/h5-13H,14H2,1-4H3. The second-order valence-electron chi connectivity index (χ2n) is 7.51. The fourth-order valence-electron chi connectivity index (χ4n) is 3.61. The van der Waals surface area contributed by atoms with Crippen LogP contribution in [0, 0.1) is 27.7 Å². The average Bonchev–Trinajstić information content (AvgIpc) is 3.09. The lowest BCUT2D eigenvalue weighted by Gasteiger charge is -2.20. The predicted molar refractivity (Wildman–Crippen MR) is 120 cm³/mol. The number of pyridine rings is 1. The van der Waals surface area contributed by atoms with E-state index in [-0.39, 0.29) is 5.91 Å². The Hall–Kier alpha value is -3.05. The number of rotatable bonds is 4. The van der Waals surface area contributed by atoms with Gasteiger partial charge in [-0.1, -0.05) is 40.7 Å². The van der Waals surface area contributed by atoms with Gasteiger partial charge in [-0.15, -0.1) is 0 Å². The van der Waals surface area contributed by atoms with Gasteiger partial charge in [0.1, 0.15) is 0 Å². The summed E-state index contributed by atoms with van der Waals surface area (Å²) >= 11 is 1.55. The molecule has 0 atom stereocenters. The minimum absolute atomic E-state index is 0.0594. The van der Waals surface area contributed by atoms with E-state index in [9.17, 15) is 4.79 Å². The van der Waals surface area contributed by atoms with Crippen molar-refractivity contribution in [3.63, 3.8) is 0 Å². The van der Waals surface area contributed by atoms with Gasteiger partial charge in [0.25, 0.3) is 5.91 Å². The van der Waals surface area contributed by atoms with Gasteiger partial charge in [0.2, 0.25) is 0 Å². The highest BCUT2D eigenvalue weighted by atomic mass is 32.1. The van der Waals surface area contributed by atoms with Crippen LogP contribution >= 0.6 is 11.3 Å². The Kier molecular flexibility index (Phi) is 5.16. The van der Waals surface area contributed by atoms with Gasteiger partial charge in [0.05, 0.1) is 22.5 Å². The summed E-state index contributed by atoms with van der Waals surface area (Å²) in [6.07, 6.45) is 1.75. The molecule has 0 saturated carbocycles. The normalized spacial score (nSPS) is 11.0. The van der Waals surface area contributed by atoms with E-state index in [2.05, 4.69) is 37.0 Å². The van der Waals surface area contributed by atoms with Crippen molar-refractivity contribution in [1.29, 1.82) is 0 Å². The molecule has 2 heterocycles. The minimum Gasteiger partial charge on any atom is -0.278 e. The highest BCUT2D eigenvalue weighted by molar-refractivity contribution is 7.22. The van der Waals surface area contributed by atoms with Gasteiger partial charge in [-0.05, 0) is 69.2 Å². The Morgan fingerprint density at radius 3 is 2.38 bits per heavy atom. The SMILES string of the molecule is Cc1cc(C)cc(C(=O)N(Cc2ccccn2)c2nc3c(C)cc(C)cc3s2)c1. The molecule has 1 amide bonds. The van der Waals surface area contributed by atoms with Gasteiger partial charge in [0, 0.05) is 11.8 Å². The van der Waals surface area contributed by atoms with Crippen LogP contribution in [0.25, 0.3) is 10.2 Å². The number of hydrogen-bond donors (Lipinski definition) is 0. The summed E-state index contributed by atoms with van der Waals surface area (Å²) in [6.45, 7) is 8.55. The summed E-state index contributed by atoms with van der Waals surface area (Å²) in [5, 5.41) is 0.698. The van der Waals surface area contributed by atoms with Crippen molar-refractivity contribution < 1.29 is 4.79 Å². The second-order valence-corrected chi connectivity index (χ2v) is 8.52. The number of nitrogens with zero attached hydrogens (tertiary/aromatic N) is 3. The lowest BCUT2D eigenvalue weighted by molar-refractivity contribution is 0.0984. The maximum absolute atomic E-state index is 13.5. The molecule has 5 heteroatoms. The van der Waals surface area contributed by atoms with E-state index in [1.54, 1.807) is 22.4 Å². The highest BCUT2D eigenvalue weighted by Crippen LogP contribution is 2.33. The zero-order valence-corrected chi connectivity index (χ0v) is 17.9. The van der Waals surface area contributed by atoms with Gasteiger partial charge >= 0.3 is 0 Å². The zero-order chi connectivity index (χ0) is 20.5. The molecule has 146 valence electrons. The van der Waals surface area contributed by atoms with Gasteiger partial charge in [-0.25, -0.2) is 4.98 Å². The van der Waals surface area contributed by atoms with E-state index < -0.39 is 0 Å². The molecule has 0 saturated heterocycles. The molecule has 2 aromatic heterocycles. The Bertz CT molecular complexity index is 1180. The number of fused-ring (bicyclic) bond motifs is 1. The van der Waals surface area contributed by atoms with Crippen LogP contribution in [0.2, 0.25) is 0 Å². The highest BCUT2D eigenvalue weighted by Gasteiger charge is 2.23. The smallest absolute Gasteiger partial charge is 0.260 e. The number of aromatic nitrogens is 2. The third kappa shape index (κ3) is 4.05. The van der Waals surface area contributed by atoms with Crippen molar-refractivity contribution in [1.82, 2.24) is 9.97 Å². The van der Waals surface area contributed by atoms with E-state index in [1.807, 2.05) is 44.2 Å². The van der Waals surface area contributed by atoms with Crippen molar-refractivity contribution in [2.45, 2.75) is 34.2 Å². The molecule has 0 aliphatic carbocycles. The molecule has 0 aliphatic heterocycles. The molecular formula is C24H23N3OS. The van der Waals surface area contributed by atoms with Crippen molar-refractivity contribution in [3.05, 3.63) is 88.2 Å². The summed E-state index contributed by atoms with van der Waals surface area (Å²) in [4.78, 5) is 24.6. The maximum Gasteiger partial charge on any atom is 0.260 e. The van der Waals surface area contributed by atoms with Crippen LogP contribution in [0.4, 0.5) is 5.13 Å². The molecule has 0 fully saturated rings. The Morgan fingerprint density at radius 2 is 1.69 bits per heavy atom. The molecular weight excluding hydrogens is 378 g/mol. The molecule has 0 spiro atoms. The van der Waals surface area contributed by atoms with Gasteiger partial charge in [-0.2, -0.15) is 0 Å².